The Morgan fingerprint density at radius 2 is 1.42 bits per heavy atom. The second-order valence-corrected chi connectivity index (χ2v) is 8.48. The van der Waals surface area contributed by atoms with Gasteiger partial charge in [-0.2, -0.15) is 0 Å². The van der Waals surface area contributed by atoms with Crippen molar-refractivity contribution in [3.8, 4) is 11.3 Å². The molecule has 0 bridgehead atoms. The van der Waals surface area contributed by atoms with Gasteiger partial charge in [0.15, 0.2) is 11.3 Å². The Bertz CT molecular complexity index is 1620. The number of nitrogens with one attached hydrogen (secondary N) is 1. The minimum Gasteiger partial charge on any atom is -0.354 e. The van der Waals surface area contributed by atoms with Crippen LogP contribution in [0.4, 0.5) is 20.2 Å². The van der Waals surface area contributed by atoms with Crippen molar-refractivity contribution < 1.29 is 13.6 Å². The van der Waals surface area contributed by atoms with E-state index < -0.39 is 11.4 Å². The van der Waals surface area contributed by atoms with Gasteiger partial charge in [0.1, 0.15) is 11.6 Å². The quantitative estimate of drug-likeness (QED) is 0.319. The monoisotopic (exact) mass is 434 g/mol. The lowest BCUT2D eigenvalue weighted by atomic mass is 9.74. The Labute approximate surface area is 187 Å². The number of para-hydroxylation sites is 1. The highest BCUT2D eigenvalue weighted by Crippen LogP contribution is 2.60. The van der Waals surface area contributed by atoms with Crippen LogP contribution >= 0.6 is 0 Å². The number of aromatic amines is 1. The first-order valence-corrected chi connectivity index (χ1v) is 10.7. The van der Waals surface area contributed by atoms with E-state index in [1.807, 2.05) is 59.5 Å². The summed E-state index contributed by atoms with van der Waals surface area (Å²) in [6.07, 6.45) is 0. The standard InChI is InChI=1S/C28H16F2N2O/c29-17-10-12-22-20(14-17)25-26(31-22)19-8-4-5-9-23(19)32-24-13-11-18(30)15-21(24)27(33)28(25,32)16-6-2-1-3-7-16/h1-15,31H. The Hall–Kier alpha value is -4.25. The molecule has 7 rings (SSSR count). The maximum absolute atomic E-state index is 14.5. The van der Waals surface area contributed by atoms with Crippen molar-refractivity contribution in [3.05, 3.63) is 119 Å². The van der Waals surface area contributed by atoms with Gasteiger partial charge < -0.3 is 9.88 Å². The Balaban J connectivity index is 1.73. The van der Waals surface area contributed by atoms with E-state index in [1.165, 1.54) is 24.3 Å². The molecule has 2 aliphatic rings. The van der Waals surface area contributed by atoms with E-state index in [0.29, 0.717) is 22.2 Å². The molecule has 5 heteroatoms. The number of fused-ring (bicyclic) bond motifs is 10. The van der Waals surface area contributed by atoms with Crippen LogP contribution in [0.2, 0.25) is 0 Å². The first-order valence-electron chi connectivity index (χ1n) is 10.7. The van der Waals surface area contributed by atoms with E-state index in [-0.39, 0.29) is 11.6 Å². The maximum atomic E-state index is 14.5. The molecule has 3 heterocycles. The number of Topliss-reactive ketones (excluding diaryl/α,β-unsaturated/α-hetero) is 1. The summed E-state index contributed by atoms with van der Waals surface area (Å²) in [6.45, 7) is 0. The fourth-order valence-corrected chi connectivity index (χ4v) is 5.60. The van der Waals surface area contributed by atoms with Crippen LogP contribution in [0.15, 0.2) is 91.0 Å². The zero-order valence-corrected chi connectivity index (χ0v) is 17.3. The van der Waals surface area contributed by atoms with Gasteiger partial charge in [0.25, 0.3) is 0 Å². The fourth-order valence-electron chi connectivity index (χ4n) is 5.60. The number of anilines is 2. The van der Waals surface area contributed by atoms with Crippen molar-refractivity contribution in [2.24, 2.45) is 0 Å². The summed E-state index contributed by atoms with van der Waals surface area (Å²) in [7, 11) is 0. The van der Waals surface area contributed by atoms with E-state index >= 15 is 0 Å². The van der Waals surface area contributed by atoms with E-state index in [0.717, 1.165) is 28.0 Å². The van der Waals surface area contributed by atoms with Crippen LogP contribution in [-0.2, 0) is 5.54 Å². The molecule has 33 heavy (non-hydrogen) atoms. The third kappa shape index (κ3) is 2.14. The minimum absolute atomic E-state index is 0.232. The molecule has 0 fully saturated rings. The largest absolute Gasteiger partial charge is 0.354 e. The van der Waals surface area contributed by atoms with Gasteiger partial charge >= 0.3 is 0 Å². The van der Waals surface area contributed by atoms with Crippen LogP contribution in [-0.4, -0.2) is 10.8 Å². The molecule has 1 N–H and O–H groups in total. The van der Waals surface area contributed by atoms with Crippen molar-refractivity contribution in [1.82, 2.24) is 4.98 Å². The number of hydrogen-bond donors (Lipinski definition) is 1. The second-order valence-electron chi connectivity index (χ2n) is 8.48. The molecule has 3 nitrogen and oxygen atoms in total. The molecule has 1 unspecified atom stereocenters. The summed E-state index contributed by atoms with van der Waals surface area (Å²) >= 11 is 0. The van der Waals surface area contributed by atoms with Gasteiger partial charge in [-0.1, -0.05) is 48.5 Å². The molecule has 0 aliphatic carbocycles. The number of H-pyrrole nitrogens is 1. The average molecular weight is 434 g/mol. The van der Waals surface area contributed by atoms with Crippen molar-refractivity contribution in [2.75, 3.05) is 4.90 Å². The molecule has 0 spiro atoms. The lowest BCUT2D eigenvalue weighted by molar-refractivity contribution is 0.0931. The van der Waals surface area contributed by atoms with Gasteiger partial charge in [-0.3, -0.25) is 4.79 Å². The number of nitrogens with zero attached hydrogens (tertiary/aromatic N) is 1. The van der Waals surface area contributed by atoms with Gasteiger partial charge in [-0.25, -0.2) is 8.78 Å². The number of carbonyl (C=O) groups is 1. The molecule has 1 atom stereocenters. The zero-order chi connectivity index (χ0) is 22.3. The number of aromatic nitrogens is 1. The number of rotatable bonds is 1. The molecular weight excluding hydrogens is 418 g/mol. The Morgan fingerprint density at radius 1 is 0.727 bits per heavy atom. The Kier molecular flexibility index (Phi) is 3.43. The number of carbonyl (C=O) groups excluding carboxylic acids is 1. The van der Waals surface area contributed by atoms with Crippen LogP contribution < -0.4 is 4.90 Å². The van der Waals surface area contributed by atoms with Crippen LogP contribution in [0.3, 0.4) is 0 Å². The third-order valence-corrected chi connectivity index (χ3v) is 6.84. The number of halogens is 2. The molecule has 158 valence electrons. The number of hydrogen-bond acceptors (Lipinski definition) is 2. The summed E-state index contributed by atoms with van der Waals surface area (Å²) < 4.78 is 28.9. The zero-order valence-electron chi connectivity index (χ0n) is 17.3. The Morgan fingerprint density at radius 3 is 2.27 bits per heavy atom. The molecule has 1 aromatic heterocycles. The summed E-state index contributed by atoms with van der Waals surface area (Å²) in [5, 5.41) is 0.634. The molecule has 0 saturated heterocycles. The van der Waals surface area contributed by atoms with Crippen molar-refractivity contribution in [3.63, 3.8) is 0 Å². The summed E-state index contributed by atoms with van der Waals surface area (Å²) in [5.74, 6) is -1.08. The molecule has 5 aromatic rings. The second kappa shape index (κ2) is 6.17. The van der Waals surface area contributed by atoms with Crippen molar-refractivity contribution in [1.29, 1.82) is 0 Å². The molecule has 2 aliphatic heterocycles. The maximum Gasteiger partial charge on any atom is 0.200 e. The normalized spacial score (nSPS) is 18.1. The van der Waals surface area contributed by atoms with Gasteiger partial charge in [0, 0.05) is 27.6 Å². The van der Waals surface area contributed by atoms with Gasteiger partial charge in [0.2, 0.25) is 0 Å². The highest BCUT2D eigenvalue weighted by atomic mass is 19.1. The van der Waals surface area contributed by atoms with Crippen LogP contribution in [0, 0.1) is 11.6 Å². The number of benzene rings is 4. The summed E-state index contributed by atoms with van der Waals surface area (Å²) in [4.78, 5) is 19.8. The van der Waals surface area contributed by atoms with Crippen molar-refractivity contribution >= 4 is 28.1 Å². The van der Waals surface area contributed by atoms with Crippen LogP contribution in [0.5, 0.6) is 0 Å². The minimum atomic E-state index is -1.30. The van der Waals surface area contributed by atoms with Gasteiger partial charge in [-0.05, 0) is 48.0 Å². The highest BCUT2D eigenvalue weighted by Gasteiger charge is 2.59. The predicted octanol–water partition coefficient (Wildman–Crippen LogP) is 6.70. The van der Waals surface area contributed by atoms with Crippen LogP contribution in [0.25, 0.3) is 22.2 Å². The molecule has 0 radical (unpaired) electrons. The molecule has 4 aromatic carbocycles. The lowest BCUT2D eigenvalue weighted by Gasteiger charge is -2.44. The topological polar surface area (TPSA) is 36.1 Å². The van der Waals surface area contributed by atoms with Crippen molar-refractivity contribution in [2.45, 2.75) is 5.54 Å². The average Bonchev–Trinajstić information content (AvgIpc) is 3.34. The highest BCUT2D eigenvalue weighted by molar-refractivity contribution is 6.22. The van der Waals surface area contributed by atoms with E-state index in [1.54, 1.807) is 12.1 Å². The first kappa shape index (κ1) is 18.3. The lowest BCUT2D eigenvalue weighted by Crippen LogP contribution is -2.48. The molecule has 0 amide bonds. The smallest absolute Gasteiger partial charge is 0.200 e. The fraction of sp³-hybridized carbons (Fsp3) is 0.0357. The van der Waals surface area contributed by atoms with E-state index in [9.17, 15) is 13.6 Å². The number of ketones is 1. The third-order valence-electron chi connectivity index (χ3n) is 6.84. The van der Waals surface area contributed by atoms with Crippen LogP contribution in [0.1, 0.15) is 21.5 Å². The predicted molar refractivity (Wildman–Crippen MR) is 124 cm³/mol. The van der Waals surface area contributed by atoms with Gasteiger partial charge in [0.05, 0.1) is 17.1 Å². The van der Waals surface area contributed by atoms with Gasteiger partial charge in [-0.15, -0.1) is 0 Å². The molecule has 0 saturated carbocycles. The summed E-state index contributed by atoms with van der Waals surface area (Å²) in [5.41, 5.74) is 4.32. The SMILES string of the molecule is O=C1c2cc(F)ccc2N2c3ccccc3-c3[nH]c4ccc(F)cc4c3C12c1ccccc1. The summed E-state index contributed by atoms with van der Waals surface area (Å²) in [6, 6.07) is 26.2. The van der Waals surface area contributed by atoms with E-state index in [4.69, 9.17) is 0 Å². The molecular formula is C28H16F2N2O. The van der Waals surface area contributed by atoms with E-state index in [2.05, 4.69) is 4.98 Å². The first-order chi connectivity index (χ1) is 16.1.